The van der Waals surface area contributed by atoms with E-state index in [1.54, 1.807) is 36.1 Å². The first kappa shape index (κ1) is 30.8. The van der Waals surface area contributed by atoms with Crippen LogP contribution in [-0.4, -0.2) is 76.1 Å². The number of rotatable bonds is 8. The van der Waals surface area contributed by atoms with E-state index in [1.165, 1.54) is 28.1 Å². The molecule has 3 aromatic carbocycles. The second kappa shape index (κ2) is 12.9. The van der Waals surface area contributed by atoms with Crippen molar-refractivity contribution in [1.29, 1.82) is 0 Å². The maximum atomic E-state index is 15.4. The van der Waals surface area contributed by atoms with Gasteiger partial charge >= 0.3 is 6.03 Å². The lowest BCUT2D eigenvalue weighted by atomic mass is 9.96. The van der Waals surface area contributed by atoms with Crippen LogP contribution in [0.3, 0.4) is 0 Å². The van der Waals surface area contributed by atoms with E-state index in [9.17, 15) is 19.5 Å². The van der Waals surface area contributed by atoms with Crippen molar-refractivity contribution in [1.82, 2.24) is 25.6 Å². The van der Waals surface area contributed by atoms with E-state index in [1.807, 2.05) is 56.1 Å². The van der Waals surface area contributed by atoms with Gasteiger partial charge in [0.1, 0.15) is 23.8 Å². The van der Waals surface area contributed by atoms with Crippen molar-refractivity contribution in [3.63, 3.8) is 0 Å². The number of halogens is 1. The molecular formula is C33H39FN6O4. The second-order valence-corrected chi connectivity index (χ2v) is 11.6. The smallest absolute Gasteiger partial charge is 0.334 e. The first-order chi connectivity index (χ1) is 21.0. The van der Waals surface area contributed by atoms with Crippen LogP contribution < -0.4 is 15.6 Å². The Hall–Kier alpha value is -4.64. The van der Waals surface area contributed by atoms with Crippen LogP contribution in [0.2, 0.25) is 0 Å². The number of anilines is 1. The minimum atomic E-state index is -0.954. The number of phenolic OH excluding ortho intramolecular Hbond substituents is 1. The summed E-state index contributed by atoms with van der Waals surface area (Å²) < 4.78 is 15.4. The van der Waals surface area contributed by atoms with Gasteiger partial charge in [-0.05, 0) is 62.2 Å². The van der Waals surface area contributed by atoms with Gasteiger partial charge in [0.05, 0.1) is 19.1 Å². The van der Waals surface area contributed by atoms with Crippen molar-refractivity contribution in [3.05, 3.63) is 95.3 Å². The van der Waals surface area contributed by atoms with Crippen LogP contribution in [0.15, 0.2) is 72.8 Å². The van der Waals surface area contributed by atoms with Crippen LogP contribution >= 0.6 is 0 Å². The number of urea groups is 1. The zero-order valence-electron chi connectivity index (χ0n) is 25.4. The highest BCUT2D eigenvalue weighted by Gasteiger charge is 2.50. The Morgan fingerprint density at radius 1 is 1.05 bits per heavy atom. The standard InChI is InChI=1S/C33H39FN6O4/c1-21(2)37(4)25-12-15-28(34)27(17-25)22(3)38-20-30-39(29(32(38)43)16-23-10-13-26(41)14-11-23)31(42)19-36-40(30)33(44)35-18-24-8-6-5-7-9-24/h5-15,17,21-22,29-30,36,41H,16,18-20H2,1-4H3,(H,35,44)/t22?,29-,30?/m0/s1. The monoisotopic (exact) mass is 602 g/mol. The molecule has 0 aliphatic carbocycles. The molecule has 3 N–H and O–H groups in total. The van der Waals surface area contributed by atoms with Crippen molar-refractivity contribution in [2.45, 2.75) is 58.0 Å². The van der Waals surface area contributed by atoms with Crippen molar-refractivity contribution < 1.29 is 23.9 Å². The largest absolute Gasteiger partial charge is 0.508 e. The Morgan fingerprint density at radius 2 is 1.75 bits per heavy atom. The molecule has 2 saturated heterocycles. The molecule has 2 aliphatic heterocycles. The van der Waals surface area contributed by atoms with Crippen molar-refractivity contribution in [2.24, 2.45) is 0 Å². The van der Waals surface area contributed by atoms with E-state index in [4.69, 9.17) is 0 Å². The molecule has 2 aliphatic rings. The third-order valence-corrected chi connectivity index (χ3v) is 8.52. The van der Waals surface area contributed by atoms with Crippen LogP contribution in [0, 0.1) is 5.82 Å². The maximum Gasteiger partial charge on any atom is 0.334 e. The fourth-order valence-electron chi connectivity index (χ4n) is 5.76. The van der Waals surface area contributed by atoms with Gasteiger partial charge in [0.2, 0.25) is 11.8 Å². The molecule has 2 heterocycles. The summed E-state index contributed by atoms with van der Waals surface area (Å²) in [6.45, 7) is 5.92. The quantitative estimate of drug-likeness (QED) is 0.362. The second-order valence-electron chi connectivity index (χ2n) is 11.6. The van der Waals surface area contributed by atoms with Crippen LogP contribution in [0.25, 0.3) is 0 Å². The Balaban J connectivity index is 1.49. The Morgan fingerprint density at radius 3 is 2.43 bits per heavy atom. The van der Waals surface area contributed by atoms with E-state index in [0.29, 0.717) is 5.56 Å². The highest BCUT2D eigenvalue weighted by atomic mass is 19.1. The van der Waals surface area contributed by atoms with Gasteiger partial charge in [0.15, 0.2) is 0 Å². The van der Waals surface area contributed by atoms with Gasteiger partial charge < -0.3 is 25.1 Å². The molecule has 4 amide bonds. The SMILES string of the molecule is CC(c1cc(N(C)C(C)C)ccc1F)N1CC2N(C(=O)NCc3ccccc3)NCC(=O)N2[C@@H](Cc2ccc(O)cc2)C1=O. The molecule has 0 bridgehead atoms. The van der Waals surface area contributed by atoms with Crippen molar-refractivity contribution in [2.75, 3.05) is 25.0 Å². The summed E-state index contributed by atoms with van der Waals surface area (Å²) in [7, 11) is 1.93. The molecule has 0 spiro atoms. The first-order valence-electron chi connectivity index (χ1n) is 14.8. The lowest BCUT2D eigenvalue weighted by molar-refractivity contribution is -0.171. The summed E-state index contributed by atoms with van der Waals surface area (Å²) in [5.41, 5.74) is 5.73. The van der Waals surface area contributed by atoms with Gasteiger partial charge in [0.25, 0.3) is 0 Å². The Labute approximate surface area is 257 Å². The number of piperazine rings is 1. The highest BCUT2D eigenvalue weighted by molar-refractivity contribution is 5.92. The number of carbonyl (C=O) groups is 3. The topological polar surface area (TPSA) is 108 Å². The summed E-state index contributed by atoms with van der Waals surface area (Å²) in [5, 5.41) is 14.1. The predicted octanol–water partition coefficient (Wildman–Crippen LogP) is 3.78. The number of fused-ring (bicyclic) bond motifs is 1. The van der Waals surface area contributed by atoms with E-state index < -0.39 is 30.1 Å². The number of nitrogens with one attached hydrogen (secondary N) is 2. The predicted molar refractivity (Wildman–Crippen MR) is 165 cm³/mol. The number of benzene rings is 3. The van der Waals surface area contributed by atoms with E-state index >= 15 is 4.39 Å². The zero-order valence-corrected chi connectivity index (χ0v) is 25.4. The van der Waals surface area contributed by atoms with Gasteiger partial charge in [-0.1, -0.05) is 42.5 Å². The Kier molecular flexibility index (Phi) is 9.05. The number of amides is 4. The van der Waals surface area contributed by atoms with Gasteiger partial charge in [-0.25, -0.2) is 19.6 Å². The van der Waals surface area contributed by atoms with Crippen molar-refractivity contribution >= 4 is 23.5 Å². The molecule has 44 heavy (non-hydrogen) atoms. The number of hydrogen-bond donors (Lipinski definition) is 3. The number of hydrogen-bond acceptors (Lipinski definition) is 6. The normalized spacial score (nSPS) is 19.2. The number of nitrogens with zero attached hydrogens (tertiary/aromatic N) is 4. The summed E-state index contributed by atoms with van der Waals surface area (Å²) in [4.78, 5) is 46.2. The zero-order chi connectivity index (χ0) is 31.5. The third-order valence-electron chi connectivity index (χ3n) is 8.52. The third kappa shape index (κ3) is 6.33. The summed E-state index contributed by atoms with van der Waals surface area (Å²) in [6.07, 6.45) is -0.693. The molecule has 0 radical (unpaired) electrons. The summed E-state index contributed by atoms with van der Waals surface area (Å²) in [5.74, 6) is -1.03. The summed E-state index contributed by atoms with van der Waals surface area (Å²) >= 11 is 0. The van der Waals surface area contributed by atoms with E-state index in [-0.39, 0.29) is 49.7 Å². The first-order valence-corrected chi connectivity index (χ1v) is 14.8. The number of carbonyl (C=O) groups excluding carboxylic acids is 3. The van der Waals surface area contributed by atoms with Crippen LogP contribution in [0.4, 0.5) is 14.9 Å². The number of aromatic hydroxyl groups is 1. The lowest BCUT2D eigenvalue weighted by Gasteiger charge is -2.53. The average molecular weight is 603 g/mol. The van der Waals surface area contributed by atoms with Crippen LogP contribution in [-0.2, 0) is 22.6 Å². The molecule has 0 aromatic heterocycles. The van der Waals surface area contributed by atoms with Gasteiger partial charge in [0, 0.05) is 37.3 Å². The molecule has 10 nitrogen and oxygen atoms in total. The summed E-state index contributed by atoms with van der Waals surface area (Å²) in [6, 6.07) is 18.8. The fourth-order valence-corrected chi connectivity index (χ4v) is 5.76. The van der Waals surface area contributed by atoms with E-state index in [0.717, 1.165) is 16.8 Å². The molecule has 2 unspecified atom stereocenters. The molecule has 0 saturated carbocycles. The molecule has 3 atom stereocenters. The van der Waals surface area contributed by atoms with Crippen LogP contribution in [0.5, 0.6) is 5.75 Å². The number of hydrazine groups is 1. The van der Waals surface area contributed by atoms with Crippen molar-refractivity contribution in [3.8, 4) is 5.75 Å². The molecule has 5 rings (SSSR count). The maximum absolute atomic E-state index is 15.4. The fraction of sp³-hybridized carbons (Fsp3) is 0.364. The van der Waals surface area contributed by atoms with E-state index in [2.05, 4.69) is 10.7 Å². The average Bonchev–Trinajstić information content (AvgIpc) is 3.02. The molecule has 2 fully saturated rings. The minimum Gasteiger partial charge on any atom is -0.508 e. The van der Waals surface area contributed by atoms with Gasteiger partial charge in [-0.3, -0.25) is 9.59 Å². The Bertz CT molecular complexity index is 1500. The van der Waals surface area contributed by atoms with Gasteiger partial charge in [-0.2, -0.15) is 0 Å². The molecular weight excluding hydrogens is 563 g/mol. The van der Waals surface area contributed by atoms with Crippen LogP contribution in [0.1, 0.15) is 43.5 Å². The molecule has 11 heteroatoms. The molecule has 3 aromatic rings. The minimum absolute atomic E-state index is 0.0206. The lowest BCUT2D eigenvalue weighted by Crippen LogP contribution is -2.76. The number of phenols is 1. The molecule has 232 valence electrons. The highest BCUT2D eigenvalue weighted by Crippen LogP contribution is 2.34. The van der Waals surface area contributed by atoms with Gasteiger partial charge in [-0.15, -0.1) is 0 Å².